The van der Waals surface area contributed by atoms with Crippen molar-refractivity contribution in [3.63, 3.8) is 0 Å². The number of amides is 2. The van der Waals surface area contributed by atoms with Gasteiger partial charge in [-0.2, -0.15) is 0 Å². The number of Topliss-reactive ketones (excluding diaryl/α,β-unsaturated/α-hetero) is 1. The van der Waals surface area contributed by atoms with Gasteiger partial charge in [-0.15, -0.1) is 0 Å². The van der Waals surface area contributed by atoms with E-state index in [1.54, 1.807) is 36.2 Å². The summed E-state index contributed by atoms with van der Waals surface area (Å²) in [6.07, 6.45) is 2.45. The minimum atomic E-state index is -0.170. The molecule has 0 aromatic heterocycles. The Balaban J connectivity index is 1.65. The first kappa shape index (κ1) is 18.0. The van der Waals surface area contributed by atoms with E-state index in [9.17, 15) is 9.59 Å². The van der Waals surface area contributed by atoms with Gasteiger partial charge in [0.05, 0.1) is 0 Å². The Morgan fingerprint density at radius 1 is 1.04 bits per heavy atom. The zero-order valence-electron chi connectivity index (χ0n) is 15.4. The second-order valence-electron chi connectivity index (χ2n) is 6.74. The molecule has 5 nitrogen and oxygen atoms in total. The maximum absolute atomic E-state index is 12.5. The molecule has 0 bridgehead atoms. The van der Waals surface area contributed by atoms with Crippen LogP contribution in [0.4, 0.5) is 16.2 Å². The highest BCUT2D eigenvalue weighted by Crippen LogP contribution is 2.25. The molecular formula is C21H25N3O2. The molecule has 3 rings (SSSR count). The summed E-state index contributed by atoms with van der Waals surface area (Å²) < 4.78 is 0. The highest BCUT2D eigenvalue weighted by Gasteiger charge is 2.17. The van der Waals surface area contributed by atoms with E-state index < -0.39 is 0 Å². The van der Waals surface area contributed by atoms with Crippen LogP contribution in [0.15, 0.2) is 48.5 Å². The van der Waals surface area contributed by atoms with Crippen LogP contribution in [0.25, 0.3) is 0 Å². The van der Waals surface area contributed by atoms with E-state index in [-0.39, 0.29) is 11.8 Å². The highest BCUT2D eigenvalue weighted by atomic mass is 16.2. The average molecular weight is 351 g/mol. The third-order valence-electron chi connectivity index (χ3n) is 4.74. The monoisotopic (exact) mass is 351 g/mol. The molecule has 1 fully saturated rings. The minimum Gasteiger partial charge on any atom is -0.371 e. The minimum absolute atomic E-state index is 0.0125. The number of benzene rings is 2. The van der Waals surface area contributed by atoms with Crippen molar-refractivity contribution in [1.82, 2.24) is 4.90 Å². The van der Waals surface area contributed by atoms with Crippen molar-refractivity contribution >= 4 is 23.2 Å². The summed E-state index contributed by atoms with van der Waals surface area (Å²) in [5.41, 5.74) is 3.69. The topological polar surface area (TPSA) is 52.7 Å². The van der Waals surface area contributed by atoms with E-state index >= 15 is 0 Å². The predicted octanol–water partition coefficient (Wildman–Crippen LogP) is 4.15. The van der Waals surface area contributed by atoms with Crippen molar-refractivity contribution in [1.29, 1.82) is 0 Å². The van der Waals surface area contributed by atoms with Crippen molar-refractivity contribution in [2.75, 3.05) is 30.4 Å². The quantitative estimate of drug-likeness (QED) is 0.823. The van der Waals surface area contributed by atoms with Crippen LogP contribution in [0, 0.1) is 0 Å². The van der Waals surface area contributed by atoms with E-state index in [2.05, 4.69) is 22.3 Å². The first-order valence-corrected chi connectivity index (χ1v) is 9.00. The molecule has 1 N–H and O–H groups in total. The number of hydrogen-bond acceptors (Lipinski definition) is 3. The van der Waals surface area contributed by atoms with Crippen LogP contribution in [0.3, 0.4) is 0 Å². The Morgan fingerprint density at radius 2 is 1.69 bits per heavy atom. The van der Waals surface area contributed by atoms with Crippen molar-refractivity contribution < 1.29 is 9.59 Å². The molecule has 1 aliphatic heterocycles. The van der Waals surface area contributed by atoms with Crippen LogP contribution in [0.1, 0.15) is 35.7 Å². The van der Waals surface area contributed by atoms with E-state index in [0.29, 0.717) is 17.8 Å². The van der Waals surface area contributed by atoms with Gasteiger partial charge in [0.15, 0.2) is 5.78 Å². The number of rotatable bonds is 5. The molecule has 0 spiro atoms. The zero-order valence-corrected chi connectivity index (χ0v) is 15.4. The van der Waals surface area contributed by atoms with Crippen LogP contribution in [-0.4, -0.2) is 36.9 Å². The summed E-state index contributed by atoms with van der Waals surface area (Å²) in [6, 6.07) is 15.1. The van der Waals surface area contributed by atoms with Gasteiger partial charge in [-0.25, -0.2) is 4.79 Å². The number of carbonyl (C=O) groups is 2. The van der Waals surface area contributed by atoms with Gasteiger partial charge in [-0.05, 0) is 55.7 Å². The van der Waals surface area contributed by atoms with Gasteiger partial charge in [-0.1, -0.05) is 18.2 Å². The lowest BCUT2D eigenvalue weighted by Gasteiger charge is -2.24. The normalized spacial score (nSPS) is 13.5. The lowest BCUT2D eigenvalue weighted by Crippen LogP contribution is -2.31. The average Bonchev–Trinajstić information content (AvgIpc) is 3.17. The zero-order chi connectivity index (χ0) is 18.5. The molecule has 5 heteroatoms. The first-order chi connectivity index (χ1) is 12.5. The van der Waals surface area contributed by atoms with E-state index in [0.717, 1.165) is 18.7 Å². The predicted molar refractivity (Wildman–Crippen MR) is 105 cm³/mol. The molecule has 0 atom stereocenters. The molecule has 2 aromatic carbocycles. The molecule has 0 aliphatic carbocycles. The van der Waals surface area contributed by atoms with E-state index in [1.807, 2.05) is 12.1 Å². The third-order valence-corrected chi connectivity index (χ3v) is 4.74. The van der Waals surface area contributed by atoms with Gasteiger partial charge < -0.3 is 15.1 Å². The molecule has 1 heterocycles. The van der Waals surface area contributed by atoms with Gasteiger partial charge in [0.2, 0.25) is 0 Å². The fourth-order valence-corrected chi connectivity index (χ4v) is 3.25. The molecule has 1 saturated heterocycles. The number of nitrogens with zero attached hydrogens (tertiary/aromatic N) is 2. The summed E-state index contributed by atoms with van der Waals surface area (Å²) >= 11 is 0. The summed E-state index contributed by atoms with van der Waals surface area (Å²) in [7, 11) is 1.79. The highest BCUT2D eigenvalue weighted by molar-refractivity contribution is 5.95. The number of carbonyl (C=O) groups excluding carboxylic acids is 2. The molecule has 2 aromatic rings. The van der Waals surface area contributed by atoms with Crippen LogP contribution >= 0.6 is 0 Å². The van der Waals surface area contributed by atoms with Crippen molar-refractivity contribution in [3.8, 4) is 0 Å². The lowest BCUT2D eigenvalue weighted by atomic mass is 10.1. The van der Waals surface area contributed by atoms with Crippen molar-refractivity contribution in [2.45, 2.75) is 26.3 Å². The Labute approximate surface area is 154 Å². The standard InChI is InChI=1S/C21H25N3O2/c1-16(25)17-9-11-19(12-10-17)22-21(26)23(2)15-18-7-3-4-8-20(18)24-13-5-6-14-24/h3-4,7-12H,5-6,13-15H2,1-2H3,(H,22,26). The second kappa shape index (κ2) is 8.04. The SMILES string of the molecule is CC(=O)c1ccc(NC(=O)N(C)Cc2ccccc2N2CCCC2)cc1. The van der Waals surface area contributed by atoms with Gasteiger partial charge >= 0.3 is 6.03 Å². The van der Waals surface area contributed by atoms with Gasteiger partial charge in [-0.3, -0.25) is 4.79 Å². The smallest absolute Gasteiger partial charge is 0.321 e. The fraction of sp³-hybridized carbons (Fsp3) is 0.333. The summed E-state index contributed by atoms with van der Waals surface area (Å²) in [5, 5.41) is 2.88. The number of para-hydroxylation sites is 1. The molecule has 0 unspecified atom stereocenters. The fourth-order valence-electron chi connectivity index (χ4n) is 3.25. The maximum atomic E-state index is 12.5. The molecule has 0 saturated carbocycles. The van der Waals surface area contributed by atoms with Crippen molar-refractivity contribution in [2.24, 2.45) is 0 Å². The Hall–Kier alpha value is -2.82. The van der Waals surface area contributed by atoms with Crippen LogP contribution in [0.5, 0.6) is 0 Å². The Morgan fingerprint density at radius 3 is 2.35 bits per heavy atom. The number of hydrogen-bond donors (Lipinski definition) is 1. The number of urea groups is 1. The van der Waals surface area contributed by atoms with Gasteiger partial charge in [0.1, 0.15) is 0 Å². The number of anilines is 2. The van der Waals surface area contributed by atoms with Gasteiger partial charge in [0.25, 0.3) is 0 Å². The molecule has 2 amide bonds. The van der Waals surface area contributed by atoms with E-state index in [1.165, 1.54) is 25.5 Å². The van der Waals surface area contributed by atoms with Crippen LogP contribution in [0.2, 0.25) is 0 Å². The van der Waals surface area contributed by atoms with E-state index in [4.69, 9.17) is 0 Å². The van der Waals surface area contributed by atoms with Gasteiger partial charge in [0, 0.05) is 43.6 Å². The number of nitrogens with one attached hydrogen (secondary N) is 1. The summed E-state index contributed by atoms with van der Waals surface area (Å²) in [5.74, 6) is 0.0125. The number of ketones is 1. The Kier molecular flexibility index (Phi) is 5.56. The molecular weight excluding hydrogens is 326 g/mol. The third kappa shape index (κ3) is 4.23. The van der Waals surface area contributed by atoms with Crippen LogP contribution in [-0.2, 0) is 6.54 Å². The lowest BCUT2D eigenvalue weighted by molar-refractivity contribution is 0.101. The second-order valence-corrected chi connectivity index (χ2v) is 6.74. The van der Waals surface area contributed by atoms with Crippen molar-refractivity contribution in [3.05, 3.63) is 59.7 Å². The molecule has 1 aliphatic rings. The Bertz CT molecular complexity index is 780. The largest absolute Gasteiger partial charge is 0.371 e. The maximum Gasteiger partial charge on any atom is 0.321 e. The summed E-state index contributed by atoms with van der Waals surface area (Å²) in [4.78, 5) is 27.9. The first-order valence-electron chi connectivity index (χ1n) is 9.00. The van der Waals surface area contributed by atoms with Crippen LogP contribution < -0.4 is 10.2 Å². The molecule has 26 heavy (non-hydrogen) atoms. The molecule has 0 radical (unpaired) electrons. The summed E-state index contributed by atoms with van der Waals surface area (Å²) in [6.45, 7) is 4.23. The molecule has 136 valence electrons.